The lowest BCUT2D eigenvalue weighted by Gasteiger charge is -2.30. The molecule has 13 rings (SSSR count). The standard InChI is InChI=1S/C66H46N4/c1-6-20-47(21-7-1)48-34-37-55(38-35-48)70-63-32-18-16-30-59(63)61-40-36-49(44-66(61)70)50-42-57(67(51-22-8-2-9-23-51)52-24-10-3-11-25-52)45-58(43-50)68(53-26-12-4-13-27-53)56-39-41-65-62(46-56)60-31-17-19-33-64(60)69(65)54-28-14-5-15-29-54/h1-46H. The van der Waals surface area contributed by atoms with Gasteiger partial charge >= 0.3 is 0 Å². The third kappa shape index (κ3) is 7.18. The number of rotatable bonds is 10. The number of anilines is 6. The van der Waals surface area contributed by atoms with Crippen LogP contribution in [0, 0.1) is 0 Å². The number of para-hydroxylation sites is 6. The Morgan fingerprint density at radius 2 is 0.614 bits per heavy atom. The molecule has 0 saturated heterocycles. The van der Waals surface area contributed by atoms with E-state index in [2.05, 4.69) is 298 Å². The Bertz CT molecular complexity index is 3930. The van der Waals surface area contributed by atoms with Gasteiger partial charge < -0.3 is 18.9 Å². The van der Waals surface area contributed by atoms with Crippen molar-refractivity contribution in [2.24, 2.45) is 0 Å². The number of hydrogen-bond donors (Lipinski definition) is 0. The van der Waals surface area contributed by atoms with Crippen molar-refractivity contribution in [3.63, 3.8) is 0 Å². The zero-order chi connectivity index (χ0) is 46.4. The highest BCUT2D eigenvalue weighted by atomic mass is 15.2. The summed E-state index contributed by atoms with van der Waals surface area (Å²) in [5.41, 5.74) is 17.9. The quantitative estimate of drug-likeness (QED) is 0.136. The van der Waals surface area contributed by atoms with Gasteiger partial charge in [0.1, 0.15) is 0 Å². The van der Waals surface area contributed by atoms with Gasteiger partial charge in [-0.05, 0) is 138 Å². The van der Waals surface area contributed by atoms with Gasteiger partial charge in [0.05, 0.1) is 22.1 Å². The molecule has 0 N–H and O–H groups in total. The molecule has 0 amide bonds. The van der Waals surface area contributed by atoms with E-state index in [-0.39, 0.29) is 0 Å². The van der Waals surface area contributed by atoms with Crippen LogP contribution >= 0.6 is 0 Å². The number of benzene rings is 11. The van der Waals surface area contributed by atoms with E-state index in [4.69, 9.17) is 0 Å². The van der Waals surface area contributed by atoms with E-state index in [1.807, 2.05) is 0 Å². The van der Waals surface area contributed by atoms with Gasteiger partial charge in [-0.15, -0.1) is 0 Å². The molecule has 0 radical (unpaired) electrons. The van der Waals surface area contributed by atoms with Crippen LogP contribution in [0.25, 0.3) is 77.2 Å². The molecule has 0 saturated carbocycles. The molecule has 4 nitrogen and oxygen atoms in total. The first-order chi connectivity index (χ1) is 34.7. The van der Waals surface area contributed by atoms with Gasteiger partial charge in [0.25, 0.3) is 0 Å². The summed E-state index contributed by atoms with van der Waals surface area (Å²) in [6, 6.07) is 101. The van der Waals surface area contributed by atoms with E-state index in [1.54, 1.807) is 0 Å². The highest BCUT2D eigenvalue weighted by molar-refractivity contribution is 6.12. The molecule has 4 heteroatoms. The minimum absolute atomic E-state index is 1.04. The second kappa shape index (κ2) is 17.4. The van der Waals surface area contributed by atoms with Crippen molar-refractivity contribution < 1.29 is 0 Å². The van der Waals surface area contributed by atoms with Gasteiger partial charge in [-0.2, -0.15) is 0 Å². The van der Waals surface area contributed by atoms with Crippen molar-refractivity contribution in [2.75, 3.05) is 9.80 Å². The summed E-state index contributed by atoms with van der Waals surface area (Å²) < 4.78 is 4.80. The van der Waals surface area contributed by atoms with Gasteiger partial charge in [-0.1, -0.05) is 164 Å². The van der Waals surface area contributed by atoms with Crippen LogP contribution in [0.4, 0.5) is 34.1 Å². The first kappa shape index (κ1) is 40.9. The maximum absolute atomic E-state index is 2.42. The molecule has 0 aliphatic rings. The van der Waals surface area contributed by atoms with Crippen LogP contribution in [-0.2, 0) is 0 Å². The van der Waals surface area contributed by atoms with E-state index >= 15 is 0 Å². The SMILES string of the molecule is c1ccc(-c2ccc(-n3c4ccccc4c4ccc(-c5cc(N(c6ccccc6)c6ccccc6)cc(N(c6ccccc6)c6ccc7c(c6)c6ccccc6n7-c6ccccc6)c5)cc43)cc2)cc1. The van der Waals surface area contributed by atoms with Gasteiger partial charge in [-0.3, -0.25) is 0 Å². The number of fused-ring (bicyclic) bond motifs is 6. The van der Waals surface area contributed by atoms with Gasteiger partial charge in [0.15, 0.2) is 0 Å². The van der Waals surface area contributed by atoms with Crippen LogP contribution < -0.4 is 9.80 Å². The Balaban J connectivity index is 1.05. The Kier molecular flexibility index (Phi) is 10.1. The predicted octanol–water partition coefficient (Wildman–Crippen LogP) is 18.2. The molecule has 70 heavy (non-hydrogen) atoms. The molecule has 0 unspecified atom stereocenters. The summed E-state index contributed by atoms with van der Waals surface area (Å²) in [7, 11) is 0. The number of aromatic nitrogens is 2. The summed E-state index contributed by atoms with van der Waals surface area (Å²) in [6.07, 6.45) is 0. The normalized spacial score (nSPS) is 11.4. The fourth-order valence-corrected chi connectivity index (χ4v) is 10.5. The van der Waals surface area contributed by atoms with E-state index in [1.165, 1.54) is 43.7 Å². The maximum atomic E-state index is 2.42. The van der Waals surface area contributed by atoms with E-state index in [0.29, 0.717) is 0 Å². The minimum atomic E-state index is 1.04. The molecule has 11 aromatic carbocycles. The van der Waals surface area contributed by atoms with Crippen LogP contribution in [0.2, 0.25) is 0 Å². The lowest BCUT2D eigenvalue weighted by Crippen LogP contribution is -2.13. The molecule has 0 bridgehead atoms. The lowest BCUT2D eigenvalue weighted by molar-refractivity contribution is 1.18. The van der Waals surface area contributed by atoms with E-state index < -0.39 is 0 Å². The van der Waals surface area contributed by atoms with Crippen LogP contribution in [0.3, 0.4) is 0 Å². The highest BCUT2D eigenvalue weighted by Gasteiger charge is 2.22. The van der Waals surface area contributed by atoms with Crippen LogP contribution in [0.15, 0.2) is 279 Å². The monoisotopic (exact) mass is 894 g/mol. The topological polar surface area (TPSA) is 16.3 Å². The Morgan fingerprint density at radius 3 is 1.20 bits per heavy atom. The van der Waals surface area contributed by atoms with Crippen molar-refractivity contribution in [3.05, 3.63) is 279 Å². The summed E-state index contributed by atoms with van der Waals surface area (Å²) in [4.78, 5) is 4.79. The van der Waals surface area contributed by atoms with Crippen molar-refractivity contribution in [2.45, 2.75) is 0 Å². The van der Waals surface area contributed by atoms with Gasteiger partial charge in [0.2, 0.25) is 0 Å². The second-order valence-corrected chi connectivity index (χ2v) is 17.8. The number of hydrogen-bond acceptors (Lipinski definition) is 2. The van der Waals surface area contributed by atoms with Crippen molar-refractivity contribution in [1.29, 1.82) is 0 Å². The molecule has 330 valence electrons. The second-order valence-electron chi connectivity index (χ2n) is 17.8. The largest absolute Gasteiger partial charge is 0.310 e. The number of nitrogens with zero attached hydrogens (tertiary/aromatic N) is 4. The Hall–Kier alpha value is -9.38. The van der Waals surface area contributed by atoms with E-state index in [0.717, 1.165) is 67.7 Å². The maximum Gasteiger partial charge on any atom is 0.0547 e. The fourth-order valence-electron chi connectivity index (χ4n) is 10.5. The average molecular weight is 895 g/mol. The molecule has 0 spiro atoms. The van der Waals surface area contributed by atoms with Crippen molar-refractivity contribution in [1.82, 2.24) is 9.13 Å². The van der Waals surface area contributed by atoms with Gasteiger partial charge in [-0.25, -0.2) is 0 Å². The highest BCUT2D eigenvalue weighted by Crippen LogP contribution is 2.45. The molecule has 0 aliphatic heterocycles. The zero-order valence-corrected chi connectivity index (χ0v) is 38.3. The fraction of sp³-hybridized carbons (Fsp3) is 0. The van der Waals surface area contributed by atoms with Crippen LogP contribution in [0.5, 0.6) is 0 Å². The molecule has 0 aliphatic carbocycles. The molecular formula is C66H46N4. The molecule has 0 fully saturated rings. The predicted molar refractivity (Wildman–Crippen MR) is 295 cm³/mol. The van der Waals surface area contributed by atoms with Crippen molar-refractivity contribution in [3.8, 4) is 33.6 Å². The minimum Gasteiger partial charge on any atom is -0.310 e. The molecule has 2 aromatic heterocycles. The average Bonchev–Trinajstić information content (AvgIpc) is 3.95. The van der Waals surface area contributed by atoms with Crippen molar-refractivity contribution >= 4 is 77.7 Å². The Morgan fingerprint density at radius 1 is 0.200 bits per heavy atom. The van der Waals surface area contributed by atoms with Crippen LogP contribution in [-0.4, -0.2) is 9.13 Å². The molecule has 13 aromatic rings. The third-order valence-electron chi connectivity index (χ3n) is 13.6. The molecule has 2 heterocycles. The third-order valence-corrected chi connectivity index (χ3v) is 13.6. The van der Waals surface area contributed by atoms with Crippen LogP contribution in [0.1, 0.15) is 0 Å². The first-order valence-electron chi connectivity index (χ1n) is 23.9. The lowest BCUT2D eigenvalue weighted by atomic mass is 10.00. The van der Waals surface area contributed by atoms with E-state index in [9.17, 15) is 0 Å². The molecule has 0 atom stereocenters. The summed E-state index contributed by atoms with van der Waals surface area (Å²) >= 11 is 0. The summed E-state index contributed by atoms with van der Waals surface area (Å²) in [6.45, 7) is 0. The summed E-state index contributed by atoms with van der Waals surface area (Å²) in [5, 5.41) is 4.85. The van der Waals surface area contributed by atoms with Gasteiger partial charge in [0, 0.05) is 67.0 Å². The summed E-state index contributed by atoms with van der Waals surface area (Å²) in [5.74, 6) is 0. The zero-order valence-electron chi connectivity index (χ0n) is 38.3. The smallest absolute Gasteiger partial charge is 0.0547 e. The first-order valence-corrected chi connectivity index (χ1v) is 23.9. The molecular weight excluding hydrogens is 849 g/mol. The Labute approximate surface area is 407 Å².